The van der Waals surface area contributed by atoms with Crippen molar-refractivity contribution >= 4 is 6.09 Å². The summed E-state index contributed by atoms with van der Waals surface area (Å²) in [5, 5.41) is 3.50. The second-order valence-electron chi connectivity index (χ2n) is 4.55. The first-order valence-corrected chi connectivity index (χ1v) is 6.06. The molecule has 0 radical (unpaired) electrons. The summed E-state index contributed by atoms with van der Waals surface area (Å²) in [6.45, 7) is 5.94. The lowest BCUT2D eigenvalue weighted by molar-refractivity contribution is 0.0406. The van der Waals surface area contributed by atoms with Crippen LogP contribution in [0.3, 0.4) is 0 Å². The summed E-state index contributed by atoms with van der Waals surface area (Å²) in [5.74, 6) is 0. The third-order valence-electron chi connectivity index (χ3n) is 3.60. The Balaban J connectivity index is 2.00. The van der Waals surface area contributed by atoms with Crippen LogP contribution in [0.2, 0.25) is 0 Å². The van der Waals surface area contributed by atoms with E-state index in [4.69, 9.17) is 4.74 Å². The molecule has 2 aliphatic heterocycles. The summed E-state index contributed by atoms with van der Waals surface area (Å²) in [6, 6.07) is 0.180. The number of likely N-dealkylation sites (tertiary alicyclic amines) is 1. The van der Waals surface area contributed by atoms with Gasteiger partial charge in [-0.1, -0.05) is 0 Å². The van der Waals surface area contributed by atoms with Crippen molar-refractivity contribution in [2.24, 2.45) is 0 Å². The Kier molecular flexibility index (Phi) is 3.66. The van der Waals surface area contributed by atoms with Gasteiger partial charge in [0.25, 0.3) is 0 Å². The average molecular weight is 227 g/mol. The predicted molar refractivity (Wildman–Crippen MR) is 61.2 cm³/mol. The van der Waals surface area contributed by atoms with Gasteiger partial charge in [0.05, 0.1) is 19.3 Å². The minimum atomic E-state index is -0.210. The van der Waals surface area contributed by atoms with Crippen LogP contribution in [0, 0.1) is 0 Å². The lowest BCUT2D eigenvalue weighted by Gasteiger charge is -2.43. The Morgan fingerprint density at radius 1 is 1.31 bits per heavy atom. The highest BCUT2D eigenvalue weighted by molar-refractivity contribution is 5.68. The van der Waals surface area contributed by atoms with Gasteiger partial charge in [-0.15, -0.1) is 0 Å². The third kappa shape index (κ3) is 2.15. The molecule has 2 atom stereocenters. The monoisotopic (exact) mass is 227 g/mol. The van der Waals surface area contributed by atoms with E-state index in [1.54, 1.807) is 0 Å². The van der Waals surface area contributed by atoms with Crippen molar-refractivity contribution in [3.63, 3.8) is 0 Å². The standard InChI is InChI=1S/C11H21N3O2/c1-9-10(13-6-3-4-7-13)12-5-8-14(9)11(15)16-2/h9-10,12H,3-8H2,1-2H3/t9-,10+/m0/s1. The maximum atomic E-state index is 11.6. The van der Waals surface area contributed by atoms with Crippen LogP contribution >= 0.6 is 0 Å². The summed E-state index contributed by atoms with van der Waals surface area (Å²) in [4.78, 5) is 15.8. The molecule has 5 heteroatoms. The van der Waals surface area contributed by atoms with E-state index >= 15 is 0 Å². The van der Waals surface area contributed by atoms with Crippen LogP contribution in [-0.2, 0) is 4.74 Å². The number of hydrogen-bond acceptors (Lipinski definition) is 4. The van der Waals surface area contributed by atoms with E-state index in [0.29, 0.717) is 0 Å². The molecule has 0 spiro atoms. The van der Waals surface area contributed by atoms with Gasteiger partial charge in [-0.2, -0.15) is 0 Å². The largest absolute Gasteiger partial charge is 0.453 e. The molecular weight excluding hydrogens is 206 g/mol. The third-order valence-corrected chi connectivity index (χ3v) is 3.60. The minimum absolute atomic E-state index is 0.180. The molecule has 2 saturated heterocycles. The van der Waals surface area contributed by atoms with Gasteiger partial charge < -0.3 is 9.64 Å². The van der Waals surface area contributed by atoms with Crippen molar-refractivity contribution in [1.82, 2.24) is 15.1 Å². The number of nitrogens with one attached hydrogen (secondary N) is 1. The maximum absolute atomic E-state index is 11.6. The topological polar surface area (TPSA) is 44.8 Å². The summed E-state index contributed by atoms with van der Waals surface area (Å²) < 4.78 is 4.81. The molecule has 1 N–H and O–H groups in total. The molecule has 2 heterocycles. The van der Waals surface area contributed by atoms with Gasteiger partial charge in [0.2, 0.25) is 0 Å². The fourth-order valence-corrected chi connectivity index (χ4v) is 2.71. The van der Waals surface area contributed by atoms with Crippen molar-refractivity contribution in [2.45, 2.75) is 32.0 Å². The van der Waals surface area contributed by atoms with Crippen molar-refractivity contribution in [1.29, 1.82) is 0 Å². The van der Waals surface area contributed by atoms with E-state index in [2.05, 4.69) is 17.1 Å². The van der Waals surface area contributed by atoms with Crippen LogP contribution in [-0.4, -0.2) is 61.4 Å². The van der Waals surface area contributed by atoms with Gasteiger partial charge in [-0.05, 0) is 32.9 Å². The van der Waals surface area contributed by atoms with E-state index in [9.17, 15) is 4.79 Å². The molecule has 92 valence electrons. The number of hydrogen-bond donors (Lipinski definition) is 1. The van der Waals surface area contributed by atoms with Crippen LogP contribution in [0.25, 0.3) is 0 Å². The Labute approximate surface area is 96.7 Å². The zero-order chi connectivity index (χ0) is 11.5. The summed E-state index contributed by atoms with van der Waals surface area (Å²) in [5.41, 5.74) is 0. The fourth-order valence-electron chi connectivity index (χ4n) is 2.71. The number of rotatable bonds is 1. The molecule has 2 rings (SSSR count). The Morgan fingerprint density at radius 2 is 2.00 bits per heavy atom. The molecule has 16 heavy (non-hydrogen) atoms. The van der Waals surface area contributed by atoms with Crippen molar-refractivity contribution in [3.8, 4) is 0 Å². The summed E-state index contributed by atoms with van der Waals surface area (Å²) in [7, 11) is 1.45. The Morgan fingerprint density at radius 3 is 2.62 bits per heavy atom. The van der Waals surface area contributed by atoms with Crippen molar-refractivity contribution in [2.75, 3.05) is 33.3 Å². The van der Waals surface area contributed by atoms with E-state index in [1.165, 1.54) is 20.0 Å². The zero-order valence-electron chi connectivity index (χ0n) is 10.1. The second kappa shape index (κ2) is 5.01. The first-order chi connectivity index (χ1) is 7.74. The van der Waals surface area contributed by atoms with Crippen LogP contribution in [0.4, 0.5) is 4.79 Å². The second-order valence-corrected chi connectivity index (χ2v) is 4.55. The van der Waals surface area contributed by atoms with Crippen LogP contribution in [0.5, 0.6) is 0 Å². The van der Waals surface area contributed by atoms with E-state index < -0.39 is 0 Å². The summed E-state index contributed by atoms with van der Waals surface area (Å²) in [6.07, 6.45) is 2.61. The minimum Gasteiger partial charge on any atom is -0.453 e. The Hall–Kier alpha value is -0.810. The molecule has 0 aromatic rings. The molecule has 0 aromatic carbocycles. The number of carbonyl (C=O) groups excluding carboxylic acids is 1. The smallest absolute Gasteiger partial charge is 0.409 e. The predicted octanol–water partition coefficient (Wildman–Crippen LogP) is 0.468. The molecule has 0 bridgehead atoms. The first-order valence-electron chi connectivity index (χ1n) is 6.06. The van der Waals surface area contributed by atoms with E-state index in [1.807, 2.05) is 4.90 Å². The van der Waals surface area contributed by atoms with Gasteiger partial charge >= 0.3 is 6.09 Å². The molecule has 5 nitrogen and oxygen atoms in total. The van der Waals surface area contributed by atoms with E-state index in [0.717, 1.165) is 26.2 Å². The van der Waals surface area contributed by atoms with E-state index in [-0.39, 0.29) is 18.3 Å². The molecule has 0 saturated carbocycles. The van der Waals surface area contributed by atoms with Crippen molar-refractivity contribution in [3.05, 3.63) is 0 Å². The van der Waals surface area contributed by atoms with Gasteiger partial charge in [0.15, 0.2) is 0 Å². The lowest BCUT2D eigenvalue weighted by Crippen LogP contribution is -2.63. The molecular formula is C11H21N3O2. The number of piperazine rings is 1. The van der Waals surface area contributed by atoms with Crippen molar-refractivity contribution < 1.29 is 9.53 Å². The van der Waals surface area contributed by atoms with Gasteiger partial charge in [0.1, 0.15) is 0 Å². The average Bonchev–Trinajstić information content (AvgIpc) is 2.82. The van der Waals surface area contributed by atoms with Gasteiger partial charge in [-0.25, -0.2) is 4.79 Å². The SMILES string of the molecule is COC(=O)N1CCN[C@H](N2CCCC2)[C@@H]1C. The first kappa shape index (κ1) is 11.7. The molecule has 2 aliphatic rings. The fraction of sp³-hybridized carbons (Fsp3) is 0.909. The number of ether oxygens (including phenoxy) is 1. The molecule has 0 unspecified atom stereocenters. The lowest BCUT2D eigenvalue weighted by atomic mass is 10.1. The van der Waals surface area contributed by atoms with Crippen LogP contribution in [0.1, 0.15) is 19.8 Å². The number of carbonyl (C=O) groups is 1. The van der Waals surface area contributed by atoms with Crippen LogP contribution < -0.4 is 5.32 Å². The highest BCUT2D eigenvalue weighted by atomic mass is 16.5. The summed E-state index contributed by atoms with van der Waals surface area (Å²) >= 11 is 0. The van der Waals surface area contributed by atoms with Crippen LogP contribution in [0.15, 0.2) is 0 Å². The zero-order valence-corrected chi connectivity index (χ0v) is 10.1. The highest BCUT2D eigenvalue weighted by Gasteiger charge is 2.35. The number of methoxy groups -OCH3 is 1. The Bertz CT molecular complexity index is 254. The number of amides is 1. The molecule has 0 aliphatic carbocycles. The number of nitrogens with zero attached hydrogens (tertiary/aromatic N) is 2. The normalized spacial score (nSPS) is 31.8. The highest BCUT2D eigenvalue weighted by Crippen LogP contribution is 2.18. The molecule has 2 fully saturated rings. The quantitative estimate of drug-likeness (QED) is 0.707. The molecule has 0 aromatic heterocycles. The van der Waals surface area contributed by atoms with Gasteiger partial charge in [-0.3, -0.25) is 10.2 Å². The van der Waals surface area contributed by atoms with Gasteiger partial charge in [0, 0.05) is 13.1 Å². The molecule has 1 amide bonds. The maximum Gasteiger partial charge on any atom is 0.409 e.